The summed E-state index contributed by atoms with van der Waals surface area (Å²) >= 11 is 7.27. The normalized spacial score (nSPS) is 10.6. The van der Waals surface area contributed by atoms with E-state index in [4.69, 9.17) is 16.3 Å². The number of aromatic nitrogens is 2. The number of methoxy groups -OCH3 is 1. The molecule has 0 unspecified atom stereocenters. The Morgan fingerprint density at radius 1 is 1.17 bits per heavy atom. The summed E-state index contributed by atoms with van der Waals surface area (Å²) in [5, 5.41) is 1.40. The number of ether oxygens (including phenoxy) is 1. The zero-order chi connectivity index (χ0) is 16.9. The number of aromatic amines is 1. The molecule has 0 spiro atoms. The number of ketones is 1. The zero-order valence-corrected chi connectivity index (χ0v) is 14.5. The van der Waals surface area contributed by atoms with Crippen molar-refractivity contribution in [3.05, 3.63) is 65.3 Å². The Labute approximate surface area is 149 Å². The number of carbonyl (C=O) groups excluding carboxylic acids is 1. The Balaban J connectivity index is 1.62. The first kappa shape index (κ1) is 16.6. The molecule has 3 aromatic rings. The Morgan fingerprint density at radius 2 is 1.88 bits per heavy atom. The first-order valence-electron chi connectivity index (χ1n) is 7.27. The van der Waals surface area contributed by atoms with Crippen LogP contribution in [0.4, 0.5) is 0 Å². The Hall–Kier alpha value is -2.24. The molecule has 0 fully saturated rings. The molecule has 0 aliphatic carbocycles. The van der Waals surface area contributed by atoms with Crippen molar-refractivity contribution < 1.29 is 9.53 Å². The van der Waals surface area contributed by atoms with Gasteiger partial charge >= 0.3 is 0 Å². The van der Waals surface area contributed by atoms with E-state index < -0.39 is 0 Å². The van der Waals surface area contributed by atoms with Crippen LogP contribution in [0.25, 0.3) is 11.3 Å². The third kappa shape index (κ3) is 3.99. The van der Waals surface area contributed by atoms with Gasteiger partial charge in [0.25, 0.3) is 0 Å². The SMILES string of the molecule is COc1ccc(C(=O)CSc2ncc(-c3ccc(Cl)cc3)[nH]2)cc1. The van der Waals surface area contributed by atoms with E-state index in [1.165, 1.54) is 11.8 Å². The van der Waals surface area contributed by atoms with Gasteiger partial charge in [-0.3, -0.25) is 4.79 Å². The van der Waals surface area contributed by atoms with E-state index in [1.54, 1.807) is 37.6 Å². The van der Waals surface area contributed by atoms with E-state index in [1.807, 2.05) is 24.3 Å². The molecule has 0 atom stereocenters. The molecule has 2 aromatic carbocycles. The highest BCUT2D eigenvalue weighted by Gasteiger charge is 2.09. The van der Waals surface area contributed by atoms with Crippen molar-refractivity contribution in [3.63, 3.8) is 0 Å². The minimum Gasteiger partial charge on any atom is -0.497 e. The smallest absolute Gasteiger partial charge is 0.173 e. The zero-order valence-electron chi connectivity index (χ0n) is 13.0. The van der Waals surface area contributed by atoms with Crippen LogP contribution in [0.5, 0.6) is 5.75 Å². The molecule has 0 bridgehead atoms. The molecular weight excluding hydrogens is 344 g/mol. The lowest BCUT2D eigenvalue weighted by Crippen LogP contribution is -2.02. The first-order chi connectivity index (χ1) is 11.7. The standard InChI is InChI=1S/C18H15ClN2O2S/c1-23-15-8-4-13(5-9-15)17(22)11-24-18-20-10-16(21-18)12-2-6-14(19)7-3-12/h2-10H,11H2,1H3,(H,20,21). The van der Waals surface area contributed by atoms with Crippen LogP contribution in [0.15, 0.2) is 59.9 Å². The summed E-state index contributed by atoms with van der Waals surface area (Å²) in [5.74, 6) is 1.10. The summed E-state index contributed by atoms with van der Waals surface area (Å²) in [6.45, 7) is 0. The third-order valence-corrected chi connectivity index (χ3v) is 4.60. The van der Waals surface area contributed by atoms with Crippen LogP contribution in [0.2, 0.25) is 5.02 Å². The largest absolute Gasteiger partial charge is 0.497 e. The summed E-state index contributed by atoms with van der Waals surface area (Å²) in [6, 6.07) is 14.6. The van der Waals surface area contributed by atoms with Crippen molar-refractivity contribution in [2.45, 2.75) is 5.16 Å². The van der Waals surface area contributed by atoms with E-state index in [2.05, 4.69) is 9.97 Å². The predicted molar refractivity (Wildman–Crippen MR) is 97.1 cm³/mol. The Kier molecular flexibility index (Phi) is 5.23. The van der Waals surface area contributed by atoms with E-state index >= 15 is 0 Å². The predicted octanol–water partition coefficient (Wildman–Crippen LogP) is 4.71. The Morgan fingerprint density at radius 3 is 2.54 bits per heavy atom. The molecule has 0 amide bonds. The van der Waals surface area contributed by atoms with E-state index in [-0.39, 0.29) is 5.78 Å². The van der Waals surface area contributed by atoms with Crippen molar-refractivity contribution in [1.29, 1.82) is 0 Å². The maximum atomic E-state index is 12.2. The number of thioether (sulfide) groups is 1. The number of halogens is 1. The summed E-state index contributed by atoms with van der Waals surface area (Å²) in [5.41, 5.74) is 2.55. The number of rotatable bonds is 6. The molecule has 24 heavy (non-hydrogen) atoms. The number of nitrogens with one attached hydrogen (secondary N) is 1. The van der Waals surface area contributed by atoms with Crippen molar-refractivity contribution in [3.8, 4) is 17.0 Å². The second-order valence-electron chi connectivity index (χ2n) is 5.05. The van der Waals surface area contributed by atoms with Gasteiger partial charge < -0.3 is 9.72 Å². The minimum atomic E-state index is 0.0482. The lowest BCUT2D eigenvalue weighted by Gasteiger charge is -2.02. The summed E-state index contributed by atoms with van der Waals surface area (Å²) in [6.07, 6.45) is 1.75. The summed E-state index contributed by atoms with van der Waals surface area (Å²) < 4.78 is 5.09. The number of nitrogens with zero attached hydrogens (tertiary/aromatic N) is 1. The number of hydrogen-bond donors (Lipinski definition) is 1. The topological polar surface area (TPSA) is 55.0 Å². The minimum absolute atomic E-state index is 0.0482. The molecule has 3 rings (SSSR count). The Bertz CT molecular complexity index is 829. The molecule has 1 heterocycles. The van der Waals surface area contributed by atoms with E-state index in [0.717, 1.165) is 17.0 Å². The van der Waals surface area contributed by atoms with Gasteiger partial charge in [-0.05, 0) is 42.0 Å². The molecule has 4 nitrogen and oxygen atoms in total. The molecule has 0 aliphatic heterocycles. The maximum absolute atomic E-state index is 12.2. The molecule has 122 valence electrons. The molecule has 1 N–H and O–H groups in total. The number of hydrogen-bond acceptors (Lipinski definition) is 4. The third-order valence-electron chi connectivity index (χ3n) is 3.46. The van der Waals surface area contributed by atoms with Crippen LogP contribution in [-0.4, -0.2) is 28.6 Å². The second-order valence-corrected chi connectivity index (χ2v) is 6.45. The molecular formula is C18H15ClN2O2S. The fourth-order valence-corrected chi connectivity index (χ4v) is 3.02. The number of Topliss-reactive ketones (excluding diaryl/α,β-unsaturated/α-hetero) is 1. The van der Waals surface area contributed by atoms with Crippen molar-refractivity contribution >= 4 is 29.1 Å². The van der Waals surface area contributed by atoms with Gasteiger partial charge in [0.05, 0.1) is 24.8 Å². The highest BCUT2D eigenvalue weighted by molar-refractivity contribution is 7.99. The average molecular weight is 359 g/mol. The average Bonchev–Trinajstić information content (AvgIpc) is 3.09. The number of carbonyl (C=O) groups is 1. The van der Waals surface area contributed by atoms with E-state index in [9.17, 15) is 4.79 Å². The van der Waals surface area contributed by atoms with Gasteiger partial charge in [-0.1, -0.05) is 35.5 Å². The van der Waals surface area contributed by atoms with Crippen LogP contribution in [0.1, 0.15) is 10.4 Å². The number of benzene rings is 2. The van der Waals surface area contributed by atoms with Gasteiger partial charge in [0.1, 0.15) is 5.75 Å². The van der Waals surface area contributed by atoms with Gasteiger partial charge in [0.15, 0.2) is 10.9 Å². The van der Waals surface area contributed by atoms with Crippen LogP contribution in [0.3, 0.4) is 0 Å². The van der Waals surface area contributed by atoms with Gasteiger partial charge in [-0.25, -0.2) is 4.98 Å². The number of imidazole rings is 1. The first-order valence-corrected chi connectivity index (χ1v) is 8.63. The summed E-state index contributed by atoms with van der Waals surface area (Å²) in [4.78, 5) is 19.7. The van der Waals surface area contributed by atoms with E-state index in [0.29, 0.717) is 21.5 Å². The van der Waals surface area contributed by atoms with Crippen LogP contribution >= 0.6 is 23.4 Å². The molecule has 1 aromatic heterocycles. The lowest BCUT2D eigenvalue weighted by molar-refractivity contribution is 0.102. The quantitative estimate of drug-likeness (QED) is 0.512. The van der Waals surface area contributed by atoms with Crippen LogP contribution in [0, 0.1) is 0 Å². The molecule has 0 radical (unpaired) electrons. The van der Waals surface area contributed by atoms with Gasteiger partial charge in [0.2, 0.25) is 0 Å². The van der Waals surface area contributed by atoms with Crippen molar-refractivity contribution in [2.24, 2.45) is 0 Å². The monoisotopic (exact) mass is 358 g/mol. The fourth-order valence-electron chi connectivity index (χ4n) is 2.15. The fraction of sp³-hybridized carbons (Fsp3) is 0.111. The molecule has 0 saturated carbocycles. The van der Waals surface area contributed by atoms with Crippen molar-refractivity contribution in [2.75, 3.05) is 12.9 Å². The molecule has 0 saturated heterocycles. The van der Waals surface area contributed by atoms with Crippen LogP contribution < -0.4 is 4.74 Å². The molecule has 0 aliphatic rings. The van der Waals surface area contributed by atoms with Gasteiger partial charge in [-0.2, -0.15) is 0 Å². The highest BCUT2D eigenvalue weighted by atomic mass is 35.5. The highest BCUT2D eigenvalue weighted by Crippen LogP contribution is 2.23. The second kappa shape index (κ2) is 7.55. The van der Waals surface area contributed by atoms with Crippen LogP contribution in [-0.2, 0) is 0 Å². The molecule has 6 heteroatoms. The van der Waals surface area contributed by atoms with Crippen molar-refractivity contribution in [1.82, 2.24) is 9.97 Å². The van der Waals surface area contributed by atoms with Gasteiger partial charge in [0, 0.05) is 10.6 Å². The van der Waals surface area contributed by atoms with Gasteiger partial charge in [-0.15, -0.1) is 0 Å². The number of H-pyrrole nitrogens is 1. The lowest BCUT2D eigenvalue weighted by atomic mass is 10.1. The maximum Gasteiger partial charge on any atom is 0.173 e. The summed E-state index contributed by atoms with van der Waals surface area (Å²) in [7, 11) is 1.60.